The number of imidazole rings is 1. The number of nitrogens with zero attached hydrogens (tertiary/aromatic N) is 2. The fraction of sp³-hybridized carbons (Fsp3) is 0.238. The van der Waals surface area contributed by atoms with E-state index in [1.807, 2.05) is 30.3 Å². The van der Waals surface area contributed by atoms with Gasteiger partial charge in [0, 0.05) is 6.08 Å². The lowest BCUT2D eigenvalue weighted by Crippen LogP contribution is -2.23. The number of ether oxygens (including phenoxy) is 1. The monoisotopic (exact) mass is 413 g/mol. The van der Waals surface area contributed by atoms with Crippen molar-refractivity contribution in [2.24, 2.45) is 0 Å². The third kappa shape index (κ3) is 4.02. The average Bonchev–Trinajstić information content (AvgIpc) is 3.02. The van der Waals surface area contributed by atoms with Crippen molar-refractivity contribution in [3.05, 3.63) is 65.7 Å². The van der Waals surface area contributed by atoms with Gasteiger partial charge in [-0.15, -0.1) is 0 Å². The molecule has 1 aromatic heterocycles. The van der Waals surface area contributed by atoms with Crippen LogP contribution in [0.5, 0.6) is 0 Å². The third-order valence-electron chi connectivity index (χ3n) is 4.43. The van der Waals surface area contributed by atoms with E-state index in [2.05, 4.69) is 4.98 Å². The third-order valence-corrected chi connectivity index (χ3v) is 6.52. The molecule has 0 radical (unpaired) electrons. The Morgan fingerprint density at radius 1 is 1.17 bits per heavy atom. The number of hydrogen-bond acceptors (Lipinski definition) is 6. The zero-order valence-corrected chi connectivity index (χ0v) is 17.3. The van der Waals surface area contributed by atoms with Crippen molar-refractivity contribution >= 4 is 38.5 Å². The summed E-state index contributed by atoms with van der Waals surface area (Å²) in [5.41, 5.74) is 8.79. The van der Waals surface area contributed by atoms with Gasteiger partial charge in [0.2, 0.25) is 16.0 Å². The van der Waals surface area contributed by atoms with E-state index in [1.54, 1.807) is 39.0 Å². The van der Waals surface area contributed by atoms with Gasteiger partial charge in [0.25, 0.3) is 0 Å². The van der Waals surface area contributed by atoms with Gasteiger partial charge in [-0.05, 0) is 49.6 Å². The maximum Gasteiger partial charge on any atom is 0.331 e. The van der Waals surface area contributed by atoms with E-state index >= 15 is 0 Å². The molecular weight excluding hydrogens is 390 g/mol. The quantitative estimate of drug-likeness (QED) is 0.492. The Hall–Kier alpha value is -3.13. The highest BCUT2D eigenvalue weighted by Crippen LogP contribution is 2.29. The number of anilines is 1. The number of nitrogen functional groups attached to an aromatic ring is 1. The zero-order valence-electron chi connectivity index (χ0n) is 16.5. The highest BCUT2D eigenvalue weighted by molar-refractivity contribution is 7.90. The molecule has 0 bridgehead atoms. The van der Waals surface area contributed by atoms with Crippen LogP contribution < -0.4 is 5.73 Å². The van der Waals surface area contributed by atoms with E-state index < -0.39 is 21.2 Å². The molecule has 0 atom stereocenters. The normalized spacial score (nSPS) is 12.5. The fourth-order valence-corrected chi connectivity index (χ4v) is 4.12. The predicted octanol–water partition coefficient (Wildman–Crippen LogP) is 3.20. The summed E-state index contributed by atoms with van der Waals surface area (Å²) in [5, 5.41) is -0.672. The largest absolute Gasteiger partial charge is 0.463 e. The van der Waals surface area contributed by atoms with Crippen LogP contribution in [0.3, 0.4) is 0 Å². The number of hydrogen-bond donors (Lipinski definition) is 1. The Labute approximate surface area is 169 Å². The van der Waals surface area contributed by atoms with Gasteiger partial charge in [0.15, 0.2) is 0 Å². The summed E-state index contributed by atoms with van der Waals surface area (Å²) < 4.78 is 31.7. The summed E-state index contributed by atoms with van der Waals surface area (Å²) in [5.74, 6) is -0.573. The highest BCUT2D eigenvalue weighted by Gasteiger charge is 2.25. The Balaban J connectivity index is 2.25. The van der Waals surface area contributed by atoms with Crippen molar-refractivity contribution in [2.45, 2.75) is 26.0 Å². The molecule has 0 aliphatic heterocycles. The van der Waals surface area contributed by atoms with Crippen molar-refractivity contribution < 1.29 is 17.9 Å². The molecule has 0 saturated carbocycles. The second-order valence-corrected chi connectivity index (χ2v) is 9.05. The molecule has 3 aromatic rings. The van der Waals surface area contributed by atoms with Crippen molar-refractivity contribution in [3.8, 4) is 0 Å². The maximum absolute atomic E-state index is 12.8. The van der Waals surface area contributed by atoms with Crippen molar-refractivity contribution in [3.63, 3.8) is 0 Å². The summed E-state index contributed by atoms with van der Waals surface area (Å²) in [7, 11) is -3.71. The zero-order chi connectivity index (χ0) is 21.2. The average molecular weight is 413 g/mol. The highest BCUT2D eigenvalue weighted by atomic mass is 32.2. The molecule has 0 unspecified atom stereocenters. The number of carbonyl (C=O) groups is 1. The molecular formula is C21H23N3O4S. The van der Waals surface area contributed by atoms with Gasteiger partial charge >= 0.3 is 5.97 Å². The minimum atomic E-state index is -3.71. The Morgan fingerprint density at radius 3 is 2.48 bits per heavy atom. The first kappa shape index (κ1) is 20.6. The van der Waals surface area contributed by atoms with Crippen LogP contribution in [0.15, 0.2) is 54.6 Å². The minimum Gasteiger partial charge on any atom is -0.463 e. The van der Waals surface area contributed by atoms with E-state index in [-0.39, 0.29) is 12.6 Å². The van der Waals surface area contributed by atoms with Gasteiger partial charge < -0.3 is 10.5 Å². The lowest BCUT2D eigenvalue weighted by Gasteiger charge is -2.13. The Kier molecular flexibility index (Phi) is 5.74. The van der Waals surface area contributed by atoms with Crippen molar-refractivity contribution in [1.82, 2.24) is 8.96 Å². The van der Waals surface area contributed by atoms with Crippen LogP contribution in [0.4, 0.5) is 5.95 Å². The standard InChI is InChI=1S/C21H23N3O4S/c1-4-28-20(25)13-17(15-8-6-5-7-9-15)16-10-11-18-19(12-16)24(21(22)23-18)29(26,27)14(2)3/h5-14H,4H2,1-3H3,(H2,22,23)/b17-13-. The summed E-state index contributed by atoms with van der Waals surface area (Å²) in [6, 6.07) is 14.5. The van der Waals surface area contributed by atoms with E-state index in [1.165, 1.54) is 6.08 Å². The van der Waals surface area contributed by atoms with E-state index in [0.29, 0.717) is 22.2 Å². The molecule has 0 aliphatic carbocycles. The summed E-state index contributed by atoms with van der Waals surface area (Å²) >= 11 is 0. The number of esters is 1. The summed E-state index contributed by atoms with van der Waals surface area (Å²) in [6.45, 7) is 5.16. The van der Waals surface area contributed by atoms with Gasteiger partial charge in [0.1, 0.15) is 0 Å². The first-order valence-electron chi connectivity index (χ1n) is 9.22. The topological polar surface area (TPSA) is 104 Å². The molecule has 3 rings (SSSR count). The molecule has 2 N–H and O–H groups in total. The van der Waals surface area contributed by atoms with Crippen LogP contribution in [0.25, 0.3) is 16.6 Å². The molecule has 0 spiro atoms. The summed E-state index contributed by atoms with van der Waals surface area (Å²) in [4.78, 5) is 16.3. The van der Waals surface area contributed by atoms with Crippen LogP contribution in [0, 0.1) is 0 Å². The molecule has 29 heavy (non-hydrogen) atoms. The minimum absolute atomic E-state index is 0.0958. The van der Waals surface area contributed by atoms with Gasteiger partial charge in [-0.25, -0.2) is 22.2 Å². The molecule has 0 fully saturated rings. The van der Waals surface area contributed by atoms with Gasteiger partial charge in [0.05, 0.1) is 22.9 Å². The molecule has 8 heteroatoms. The number of benzene rings is 2. The van der Waals surface area contributed by atoms with Crippen molar-refractivity contribution in [1.29, 1.82) is 0 Å². The van der Waals surface area contributed by atoms with Gasteiger partial charge in [-0.1, -0.05) is 36.4 Å². The van der Waals surface area contributed by atoms with E-state index in [9.17, 15) is 13.2 Å². The van der Waals surface area contributed by atoms with Crippen LogP contribution >= 0.6 is 0 Å². The first-order valence-corrected chi connectivity index (χ1v) is 10.7. The van der Waals surface area contributed by atoms with E-state index in [4.69, 9.17) is 10.5 Å². The Bertz CT molecular complexity index is 1180. The SMILES string of the molecule is CCOC(=O)/C=C(/c1ccccc1)c1ccc2nc(N)n(S(=O)(=O)C(C)C)c2c1. The lowest BCUT2D eigenvalue weighted by molar-refractivity contribution is -0.137. The predicted molar refractivity (Wildman–Crippen MR) is 114 cm³/mol. The molecule has 0 saturated heterocycles. The molecule has 7 nitrogen and oxygen atoms in total. The number of carbonyl (C=O) groups excluding carboxylic acids is 1. The van der Waals surface area contributed by atoms with Crippen molar-refractivity contribution in [2.75, 3.05) is 12.3 Å². The van der Waals surface area contributed by atoms with Crippen LogP contribution in [-0.2, 0) is 19.6 Å². The molecule has 0 amide bonds. The second kappa shape index (κ2) is 8.08. The number of fused-ring (bicyclic) bond motifs is 1. The number of rotatable bonds is 6. The van der Waals surface area contributed by atoms with Gasteiger partial charge in [-0.3, -0.25) is 0 Å². The van der Waals surface area contributed by atoms with Crippen LogP contribution in [-0.4, -0.2) is 35.2 Å². The Morgan fingerprint density at radius 2 is 1.86 bits per heavy atom. The summed E-state index contributed by atoms with van der Waals surface area (Å²) in [6.07, 6.45) is 1.40. The number of aromatic nitrogens is 2. The maximum atomic E-state index is 12.8. The second-order valence-electron chi connectivity index (χ2n) is 6.71. The lowest BCUT2D eigenvalue weighted by atomic mass is 9.97. The van der Waals surface area contributed by atoms with Crippen LogP contribution in [0.1, 0.15) is 31.9 Å². The molecule has 2 aromatic carbocycles. The van der Waals surface area contributed by atoms with Gasteiger partial charge in [-0.2, -0.15) is 0 Å². The number of nitrogens with two attached hydrogens (primary N) is 1. The molecule has 1 heterocycles. The first-order chi connectivity index (χ1) is 13.8. The van der Waals surface area contributed by atoms with E-state index in [0.717, 1.165) is 9.54 Å². The smallest absolute Gasteiger partial charge is 0.331 e. The van der Waals surface area contributed by atoms with Crippen LogP contribution in [0.2, 0.25) is 0 Å². The fourth-order valence-electron chi connectivity index (χ4n) is 2.97. The molecule has 0 aliphatic rings. The molecule has 152 valence electrons.